The van der Waals surface area contributed by atoms with Crippen LogP contribution >= 0.6 is 0 Å². The maximum Gasteiger partial charge on any atom is 0.374 e. The second-order valence-electron chi connectivity index (χ2n) is 3.25. The molecular formula is C12H11NO4. The number of carbonyl (C=O) groups is 1. The first-order chi connectivity index (χ1) is 8.20. The Kier molecular flexibility index (Phi) is 3.00. The molecule has 1 heterocycles. The van der Waals surface area contributed by atoms with Crippen LogP contribution in [0, 0.1) is 0 Å². The van der Waals surface area contributed by atoms with E-state index in [0.29, 0.717) is 11.4 Å². The van der Waals surface area contributed by atoms with Crippen LogP contribution in [0.15, 0.2) is 40.8 Å². The van der Waals surface area contributed by atoms with Crippen molar-refractivity contribution in [3.63, 3.8) is 0 Å². The molecule has 1 aromatic heterocycles. The maximum atomic E-state index is 11.1. The molecule has 5 heteroatoms. The van der Waals surface area contributed by atoms with E-state index in [9.17, 15) is 4.79 Å². The Labute approximate surface area is 97.7 Å². The molecule has 2 aromatic rings. The van der Waals surface area contributed by atoms with Gasteiger partial charge in [-0.25, -0.2) is 4.79 Å². The fourth-order valence-electron chi connectivity index (χ4n) is 1.27. The molecule has 0 saturated carbocycles. The van der Waals surface area contributed by atoms with Crippen molar-refractivity contribution in [1.82, 2.24) is 0 Å². The molecule has 0 bridgehead atoms. The van der Waals surface area contributed by atoms with E-state index >= 15 is 0 Å². The molecule has 0 radical (unpaired) electrons. The number of carbonyl (C=O) groups excluding carboxylic acids is 1. The summed E-state index contributed by atoms with van der Waals surface area (Å²) in [5.41, 5.74) is 6.19. The van der Waals surface area contributed by atoms with Crippen molar-refractivity contribution in [1.29, 1.82) is 0 Å². The number of esters is 1. The molecular weight excluding hydrogens is 222 g/mol. The van der Waals surface area contributed by atoms with Crippen molar-refractivity contribution in [3.05, 3.63) is 42.2 Å². The quantitative estimate of drug-likeness (QED) is 0.651. The van der Waals surface area contributed by atoms with Gasteiger partial charge in [0.1, 0.15) is 0 Å². The molecule has 0 atom stereocenters. The molecule has 2 N–H and O–H groups in total. The van der Waals surface area contributed by atoms with Crippen molar-refractivity contribution in [2.45, 2.75) is 0 Å². The monoisotopic (exact) mass is 233 g/mol. The maximum absolute atomic E-state index is 11.1. The Hall–Kier alpha value is -2.43. The van der Waals surface area contributed by atoms with E-state index in [2.05, 4.69) is 4.74 Å². The molecule has 0 spiro atoms. The van der Waals surface area contributed by atoms with Gasteiger partial charge in [-0.3, -0.25) is 0 Å². The summed E-state index contributed by atoms with van der Waals surface area (Å²) in [4.78, 5) is 11.1. The number of furan rings is 1. The number of methoxy groups -OCH3 is 1. The zero-order valence-corrected chi connectivity index (χ0v) is 9.17. The molecule has 2 rings (SSSR count). The lowest BCUT2D eigenvalue weighted by atomic mass is 10.3. The number of para-hydroxylation sites is 2. The first kappa shape index (κ1) is 11.1. The third-order valence-electron chi connectivity index (χ3n) is 2.10. The average Bonchev–Trinajstić information content (AvgIpc) is 2.80. The Morgan fingerprint density at radius 2 is 2.00 bits per heavy atom. The van der Waals surface area contributed by atoms with E-state index in [-0.39, 0.29) is 11.7 Å². The average molecular weight is 233 g/mol. The fourth-order valence-corrected chi connectivity index (χ4v) is 1.27. The summed E-state index contributed by atoms with van der Waals surface area (Å²) in [6.07, 6.45) is 0. The van der Waals surface area contributed by atoms with Crippen molar-refractivity contribution in [2.24, 2.45) is 0 Å². The highest BCUT2D eigenvalue weighted by Crippen LogP contribution is 2.28. The van der Waals surface area contributed by atoms with Gasteiger partial charge in [0.15, 0.2) is 5.75 Å². The number of anilines is 1. The van der Waals surface area contributed by atoms with E-state index in [4.69, 9.17) is 14.9 Å². The topological polar surface area (TPSA) is 74.7 Å². The minimum atomic E-state index is -0.555. The molecule has 0 fully saturated rings. The van der Waals surface area contributed by atoms with Crippen LogP contribution in [-0.4, -0.2) is 13.1 Å². The van der Waals surface area contributed by atoms with Gasteiger partial charge in [-0.2, -0.15) is 0 Å². The molecule has 0 unspecified atom stereocenters. The van der Waals surface area contributed by atoms with Crippen LogP contribution in [0.4, 0.5) is 5.69 Å². The SMILES string of the molecule is COC(=O)c1ccc(Oc2ccccc2N)o1. The highest BCUT2D eigenvalue weighted by molar-refractivity contribution is 5.86. The molecule has 0 aliphatic heterocycles. The second-order valence-corrected chi connectivity index (χ2v) is 3.25. The number of hydrogen-bond donors (Lipinski definition) is 1. The zero-order valence-electron chi connectivity index (χ0n) is 9.17. The number of ether oxygens (including phenoxy) is 2. The summed E-state index contributed by atoms with van der Waals surface area (Å²) in [6, 6.07) is 9.99. The summed E-state index contributed by atoms with van der Waals surface area (Å²) in [5, 5.41) is 0. The molecule has 17 heavy (non-hydrogen) atoms. The number of hydrogen-bond acceptors (Lipinski definition) is 5. The summed E-state index contributed by atoms with van der Waals surface area (Å²) in [7, 11) is 1.28. The Balaban J connectivity index is 2.17. The van der Waals surface area contributed by atoms with Gasteiger partial charge < -0.3 is 19.6 Å². The summed E-state index contributed by atoms with van der Waals surface area (Å²) >= 11 is 0. The first-order valence-corrected chi connectivity index (χ1v) is 4.91. The molecule has 0 aliphatic carbocycles. The minimum absolute atomic E-state index is 0.0806. The third kappa shape index (κ3) is 2.39. The second kappa shape index (κ2) is 4.61. The van der Waals surface area contributed by atoms with Crippen LogP contribution in [0.3, 0.4) is 0 Å². The van der Waals surface area contributed by atoms with Gasteiger partial charge >= 0.3 is 5.97 Å². The van der Waals surface area contributed by atoms with Crippen LogP contribution in [-0.2, 0) is 4.74 Å². The number of nitrogen functional groups attached to an aromatic ring is 1. The number of nitrogens with two attached hydrogens (primary N) is 1. The van der Waals surface area contributed by atoms with Crippen LogP contribution < -0.4 is 10.5 Å². The van der Waals surface area contributed by atoms with E-state index in [1.807, 2.05) is 0 Å². The van der Waals surface area contributed by atoms with Gasteiger partial charge in [-0.15, -0.1) is 0 Å². The Bertz CT molecular complexity index is 533. The van der Waals surface area contributed by atoms with Gasteiger partial charge in [0, 0.05) is 6.07 Å². The lowest BCUT2D eigenvalue weighted by Gasteiger charge is -2.04. The van der Waals surface area contributed by atoms with Crippen molar-refractivity contribution in [2.75, 3.05) is 12.8 Å². The smallest absolute Gasteiger partial charge is 0.374 e. The first-order valence-electron chi connectivity index (χ1n) is 4.91. The van der Waals surface area contributed by atoms with E-state index < -0.39 is 5.97 Å². The van der Waals surface area contributed by atoms with Crippen LogP contribution in [0.25, 0.3) is 0 Å². The van der Waals surface area contributed by atoms with Gasteiger partial charge in [0.25, 0.3) is 5.95 Å². The number of rotatable bonds is 3. The van der Waals surface area contributed by atoms with Gasteiger partial charge in [-0.1, -0.05) is 12.1 Å². The number of benzene rings is 1. The molecule has 0 amide bonds. The minimum Gasteiger partial charge on any atom is -0.463 e. The van der Waals surface area contributed by atoms with Crippen molar-refractivity contribution in [3.8, 4) is 11.7 Å². The normalized spacial score (nSPS) is 9.94. The molecule has 0 saturated heterocycles. The molecule has 1 aromatic carbocycles. The highest BCUT2D eigenvalue weighted by Gasteiger charge is 2.12. The summed E-state index contributed by atoms with van der Waals surface area (Å²) in [5.74, 6) is 0.180. The molecule has 5 nitrogen and oxygen atoms in total. The van der Waals surface area contributed by atoms with Gasteiger partial charge in [0.2, 0.25) is 5.76 Å². The zero-order chi connectivity index (χ0) is 12.3. The standard InChI is InChI=1S/C12H11NO4/c1-15-12(14)10-6-7-11(17-10)16-9-5-3-2-4-8(9)13/h2-7H,13H2,1H3. The molecule has 0 aliphatic rings. The summed E-state index contributed by atoms with van der Waals surface area (Å²) in [6.45, 7) is 0. The Morgan fingerprint density at radius 1 is 1.24 bits per heavy atom. The van der Waals surface area contributed by atoms with Crippen molar-refractivity contribution < 1.29 is 18.7 Å². The van der Waals surface area contributed by atoms with Crippen LogP contribution in [0.2, 0.25) is 0 Å². The van der Waals surface area contributed by atoms with Crippen LogP contribution in [0.5, 0.6) is 11.7 Å². The lowest BCUT2D eigenvalue weighted by Crippen LogP contribution is -1.98. The van der Waals surface area contributed by atoms with E-state index in [1.165, 1.54) is 19.2 Å². The largest absolute Gasteiger partial charge is 0.463 e. The predicted octanol–water partition coefficient (Wildman–Crippen LogP) is 2.44. The molecule has 88 valence electrons. The summed E-state index contributed by atoms with van der Waals surface area (Å²) < 4.78 is 15.0. The fraction of sp³-hybridized carbons (Fsp3) is 0.0833. The van der Waals surface area contributed by atoms with Crippen LogP contribution in [0.1, 0.15) is 10.6 Å². The lowest BCUT2D eigenvalue weighted by molar-refractivity contribution is 0.0560. The third-order valence-corrected chi connectivity index (χ3v) is 2.10. The highest BCUT2D eigenvalue weighted by atomic mass is 16.6. The van der Waals surface area contributed by atoms with Crippen molar-refractivity contribution >= 4 is 11.7 Å². The Morgan fingerprint density at radius 3 is 2.71 bits per heavy atom. The van der Waals surface area contributed by atoms with E-state index in [0.717, 1.165) is 0 Å². The van der Waals surface area contributed by atoms with Gasteiger partial charge in [-0.05, 0) is 18.2 Å². The van der Waals surface area contributed by atoms with Gasteiger partial charge in [0.05, 0.1) is 12.8 Å². The van der Waals surface area contributed by atoms with E-state index in [1.54, 1.807) is 24.3 Å². The predicted molar refractivity (Wildman–Crippen MR) is 61.0 cm³/mol.